The van der Waals surface area contributed by atoms with Gasteiger partial charge < -0.3 is 0 Å². The summed E-state index contributed by atoms with van der Waals surface area (Å²) in [5, 5.41) is 0.530. The number of amides is 1. The van der Waals surface area contributed by atoms with Gasteiger partial charge in [-0.15, -0.1) is 11.3 Å². The molecule has 0 unspecified atom stereocenters. The first-order chi connectivity index (χ1) is 13.2. The molecule has 2 N–H and O–H groups in total. The number of aryl methyl sites for hydroxylation is 3. The maximum Gasteiger partial charge on any atom is 0.418 e. The second kappa shape index (κ2) is 7.63. The summed E-state index contributed by atoms with van der Waals surface area (Å²) in [6.07, 6.45) is -3.27. The summed E-state index contributed by atoms with van der Waals surface area (Å²) >= 11 is 1.43. The van der Waals surface area contributed by atoms with Crippen molar-refractivity contribution in [2.24, 2.45) is 0 Å². The molecule has 0 aliphatic heterocycles. The lowest BCUT2D eigenvalue weighted by molar-refractivity contribution is -0.137. The summed E-state index contributed by atoms with van der Waals surface area (Å²) in [4.78, 5) is 30.5. The summed E-state index contributed by atoms with van der Waals surface area (Å²) in [6, 6.07) is 4.82. The third kappa shape index (κ3) is 4.01. The van der Waals surface area contributed by atoms with Gasteiger partial charge in [-0.25, -0.2) is 4.98 Å². The van der Waals surface area contributed by atoms with Crippen molar-refractivity contribution in [3.63, 3.8) is 0 Å². The van der Waals surface area contributed by atoms with Gasteiger partial charge in [-0.05, 0) is 31.5 Å². The highest BCUT2D eigenvalue weighted by Crippen LogP contribution is 2.34. The number of thiophene rings is 1. The van der Waals surface area contributed by atoms with E-state index >= 15 is 0 Å². The largest absolute Gasteiger partial charge is 0.418 e. The van der Waals surface area contributed by atoms with Gasteiger partial charge >= 0.3 is 6.18 Å². The van der Waals surface area contributed by atoms with Crippen LogP contribution in [0.5, 0.6) is 0 Å². The average Bonchev–Trinajstić information content (AvgIpc) is 2.93. The third-order valence-electron chi connectivity index (χ3n) is 4.30. The second-order valence-electron chi connectivity index (χ2n) is 6.17. The van der Waals surface area contributed by atoms with Crippen LogP contribution in [0.2, 0.25) is 0 Å². The van der Waals surface area contributed by atoms with Crippen molar-refractivity contribution in [1.82, 2.24) is 15.0 Å². The van der Waals surface area contributed by atoms with Gasteiger partial charge in [-0.3, -0.25) is 25.0 Å². The molecule has 1 amide bonds. The molecule has 0 spiro atoms. The molecule has 3 aromatic rings. The van der Waals surface area contributed by atoms with Gasteiger partial charge in [0.25, 0.3) is 5.56 Å². The number of aromatic nitrogens is 2. The minimum absolute atomic E-state index is 0.0601. The summed E-state index contributed by atoms with van der Waals surface area (Å²) in [5.74, 6) is -0.554. The number of fused-ring (bicyclic) bond motifs is 1. The van der Waals surface area contributed by atoms with Crippen molar-refractivity contribution in [3.05, 3.63) is 57.0 Å². The normalized spacial score (nSPS) is 11.6. The van der Waals surface area contributed by atoms with E-state index in [-0.39, 0.29) is 24.2 Å². The number of hydrogen-bond donors (Lipinski definition) is 2. The fourth-order valence-electron chi connectivity index (χ4n) is 2.69. The molecule has 0 radical (unpaired) electrons. The van der Waals surface area contributed by atoms with Crippen LogP contribution in [0.1, 0.15) is 22.4 Å². The molecule has 0 saturated heterocycles. The van der Waals surface area contributed by atoms with E-state index in [0.29, 0.717) is 10.2 Å². The number of carbonyl (C=O) groups is 1. The van der Waals surface area contributed by atoms with Crippen LogP contribution in [0.4, 0.5) is 18.9 Å². The van der Waals surface area contributed by atoms with Crippen LogP contribution in [-0.4, -0.2) is 15.5 Å². The van der Waals surface area contributed by atoms with E-state index in [1.165, 1.54) is 40.4 Å². The van der Waals surface area contributed by atoms with E-state index in [9.17, 15) is 22.8 Å². The quantitative estimate of drug-likeness (QED) is 0.630. The first-order valence-electron chi connectivity index (χ1n) is 8.34. The number of benzene rings is 1. The maximum atomic E-state index is 13.0. The molecule has 2 aromatic heterocycles. The molecule has 0 aliphatic rings. The molecule has 0 saturated carbocycles. The lowest BCUT2D eigenvalue weighted by Crippen LogP contribution is -2.32. The van der Waals surface area contributed by atoms with E-state index in [2.05, 4.69) is 15.8 Å². The second-order valence-corrected chi connectivity index (χ2v) is 7.38. The van der Waals surface area contributed by atoms with Crippen LogP contribution in [0.25, 0.3) is 10.2 Å². The van der Waals surface area contributed by atoms with E-state index in [1.807, 2.05) is 13.8 Å². The smallest absolute Gasteiger partial charge is 0.298 e. The van der Waals surface area contributed by atoms with Gasteiger partial charge in [0.15, 0.2) is 0 Å². The molecule has 0 bridgehead atoms. The fraction of sp³-hybridized carbons (Fsp3) is 0.278. The zero-order valence-corrected chi connectivity index (χ0v) is 15.9. The van der Waals surface area contributed by atoms with Gasteiger partial charge in [0.1, 0.15) is 4.83 Å². The zero-order valence-electron chi connectivity index (χ0n) is 15.1. The molecule has 3 rings (SSSR count). The van der Waals surface area contributed by atoms with Crippen molar-refractivity contribution in [2.45, 2.75) is 33.0 Å². The number of carbonyl (C=O) groups excluding carboxylic acids is 1. The number of nitrogens with one attached hydrogen (secondary N) is 2. The number of halogens is 3. The molecule has 0 atom stereocenters. The highest BCUT2D eigenvalue weighted by atomic mass is 32.1. The predicted octanol–water partition coefficient (Wildman–Crippen LogP) is 3.63. The first-order valence-corrected chi connectivity index (χ1v) is 9.16. The SMILES string of the molecule is Cc1sc2ncn(CCC(=O)NNc3ccccc3C(F)(F)F)c(=O)c2c1C. The van der Waals surface area contributed by atoms with Gasteiger partial charge in [-0.2, -0.15) is 13.2 Å². The minimum atomic E-state index is -4.54. The Hall–Kier alpha value is -2.88. The van der Waals surface area contributed by atoms with Crippen LogP contribution in [0.15, 0.2) is 35.4 Å². The Balaban J connectivity index is 1.66. The van der Waals surface area contributed by atoms with Gasteiger partial charge in [0.2, 0.25) is 5.91 Å². The van der Waals surface area contributed by atoms with Crippen LogP contribution in [0, 0.1) is 13.8 Å². The molecular formula is C18H17F3N4O2S. The Morgan fingerprint density at radius 1 is 1.25 bits per heavy atom. The monoisotopic (exact) mass is 410 g/mol. The maximum absolute atomic E-state index is 13.0. The van der Waals surface area contributed by atoms with Gasteiger partial charge in [0, 0.05) is 17.8 Å². The summed E-state index contributed by atoms with van der Waals surface area (Å²) in [6.45, 7) is 3.81. The molecule has 1 aromatic carbocycles. The number of hydrazine groups is 1. The number of alkyl halides is 3. The number of nitrogens with zero attached hydrogens (tertiary/aromatic N) is 2. The third-order valence-corrected chi connectivity index (χ3v) is 5.42. The lowest BCUT2D eigenvalue weighted by Gasteiger charge is -2.15. The molecule has 10 heteroatoms. The zero-order chi connectivity index (χ0) is 20.5. The summed E-state index contributed by atoms with van der Waals surface area (Å²) < 4.78 is 40.2. The number of hydrogen-bond acceptors (Lipinski definition) is 5. The van der Waals surface area contributed by atoms with E-state index in [0.717, 1.165) is 16.5 Å². The minimum Gasteiger partial charge on any atom is -0.298 e. The van der Waals surface area contributed by atoms with Crippen LogP contribution < -0.4 is 16.4 Å². The van der Waals surface area contributed by atoms with Crippen molar-refractivity contribution in [1.29, 1.82) is 0 Å². The average molecular weight is 410 g/mol. The first kappa shape index (κ1) is 19.9. The van der Waals surface area contributed by atoms with E-state index < -0.39 is 17.6 Å². The van der Waals surface area contributed by atoms with Crippen molar-refractivity contribution < 1.29 is 18.0 Å². The molecule has 148 valence electrons. The summed E-state index contributed by atoms with van der Waals surface area (Å²) in [5.41, 5.74) is 4.00. The van der Waals surface area contributed by atoms with Crippen LogP contribution in [0.3, 0.4) is 0 Å². The molecule has 0 aliphatic carbocycles. The van der Waals surface area contributed by atoms with Crippen LogP contribution in [-0.2, 0) is 17.5 Å². The van der Waals surface area contributed by atoms with E-state index in [1.54, 1.807) is 0 Å². The Kier molecular flexibility index (Phi) is 5.41. The number of rotatable bonds is 5. The topological polar surface area (TPSA) is 76.0 Å². The lowest BCUT2D eigenvalue weighted by atomic mass is 10.2. The fourth-order valence-corrected chi connectivity index (χ4v) is 3.68. The highest BCUT2D eigenvalue weighted by Gasteiger charge is 2.33. The van der Waals surface area contributed by atoms with Crippen molar-refractivity contribution in [3.8, 4) is 0 Å². The van der Waals surface area contributed by atoms with Gasteiger partial charge in [-0.1, -0.05) is 12.1 Å². The number of anilines is 1. The molecule has 6 nitrogen and oxygen atoms in total. The standard InChI is InChI=1S/C18H17F3N4O2S/c1-10-11(2)28-16-15(10)17(27)25(9-22-16)8-7-14(26)24-23-13-6-4-3-5-12(13)18(19,20)21/h3-6,9,23H,7-8H2,1-2H3,(H,24,26). The summed E-state index contributed by atoms with van der Waals surface area (Å²) in [7, 11) is 0. The molecule has 2 heterocycles. The Bertz CT molecular complexity index is 1090. The van der Waals surface area contributed by atoms with Crippen LogP contribution >= 0.6 is 11.3 Å². The molecular weight excluding hydrogens is 393 g/mol. The predicted molar refractivity (Wildman–Crippen MR) is 101 cm³/mol. The van der Waals surface area contributed by atoms with Crippen molar-refractivity contribution >= 4 is 33.1 Å². The molecule has 28 heavy (non-hydrogen) atoms. The highest BCUT2D eigenvalue weighted by molar-refractivity contribution is 7.18. The van der Waals surface area contributed by atoms with Crippen molar-refractivity contribution in [2.75, 3.05) is 5.43 Å². The van der Waals surface area contributed by atoms with E-state index in [4.69, 9.17) is 0 Å². The Labute approximate surface area is 162 Å². The molecule has 0 fully saturated rings. The van der Waals surface area contributed by atoms with Gasteiger partial charge in [0.05, 0.1) is 23.0 Å². The Morgan fingerprint density at radius 2 is 1.96 bits per heavy atom. The number of para-hydroxylation sites is 1. The Morgan fingerprint density at radius 3 is 2.68 bits per heavy atom.